The van der Waals surface area contributed by atoms with E-state index in [1.807, 2.05) is 24.3 Å². The Kier molecular flexibility index (Phi) is 4.66. The number of carbonyl (C=O) groups is 1. The first-order valence-electron chi connectivity index (χ1n) is 8.93. The van der Waals surface area contributed by atoms with Crippen LogP contribution in [0.5, 0.6) is 0 Å². The maximum atomic E-state index is 14.6. The van der Waals surface area contributed by atoms with E-state index in [2.05, 4.69) is 4.98 Å². The van der Waals surface area contributed by atoms with Gasteiger partial charge in [0.05, 0.1) is 13.0 Å². The number of ether oxygens (including phenoxy) is 1. The minimum atomic E-state index is -0.693. The van der Waals surface area contributed by atoms with Gasteiger partial charge in [0.1, 0.15) is 17.7 Å². The van der Waals surface area contributed by atoms with Crippen molar-refractivity contribution in [2.75, 3.05) is 20.3 Å². The smallest absolute Gasteiger partial charge is 0.225 e. The van der Waals surface area contributed by atoms with Gasteiger partial charge in [-0.05, 0) is 36.2 Å². The number of aromatic amines is 1. The number of hydrogen-bond acceptors (Lipinski definition) is 2. The number of nitrogens with one attached hydrogen (secondary N) is 1. The molecule has 1 atom stereocenters. The highest BCUT2D eigenvalue weighted by Gasteiger charge is 2.35. The monoisotopic (exact) mass is 370 g/mol. The standard InChI is InChI=1S/C21H20F2N2O2/c1-27-11-9-19(26)25-10-8-15-14-4-2-3-5-18(14)24-20(15)21(25)16-12-13(22)6-7-17(16)23/h2-7,12,21,24H,8-11H2,1H3/t21-/m1/s1. The third-order valence-electron chi connectivity index (χ3n) is 5.13. The minimum absolute atomic E-state index is 0.144. The van der Waals surface area contributed by atoms with Crippen LogP contribution in [0.2, 0.25) is 0 Å². The van der Waals surface area contributed by atoms with Gasteiger partial charge in [0, 0.05) is 35.8 Å². The Morgan fingerprint density at radius 1 is 1.26 bits per heavy atom. The zero-order chi connectivity index (χ0) is 19.0. The summed E-state index contributed by atoms with van der Waals surface area (Å²) in [7, 11) is 1.53. The van der Waals surface area contributed by atoms with Crippen LogP contribution in [-0.2, 0) is 16.0 Å². The summed E-state index contributed by atoms with van der Waals surface area (Å²) in [5, 5.41) is 1.05. The fourth-order valence-electron chi connectivity index (χ4n) is 3.89. The molecule has 1 aliphatic heterocycles. The highest BCUT2D eigenvalue weighted by molar-refractivity contribution is 5.86. The summed E-state index contributed by atoms with van der Waals surface area (Å²) < 4.78 is 33.6. The van der Waals surface area contributed by atoms with Gasteiger partial charge in [0.2, 0.25) is 5.91 Å². The number of benzene rings is 2. The van der Waals surface area contributed by atoms with E-state index in [0.29, 0.717) is 13.0 Å². The molecule has 6 heteroatoms. The van der Waals surface area contributed by atoms with Crippen LogP contribution < -0.4 is 0 Å². The zero-order valence-electron chi connectivity index (χ0n) is 15.0. The van der Waals surface area contributed by atoms with E-state index in [0.717, 1.165) is 34.3 Å². The average molecular weight is 370 g/mol. The van der Waals surface area contributed by atoms with E-state index >= 15 is 0 Å². The summed E-state index contributed by atoms with van der Waals surface area (Å²) in [5.74, 6) is -1.20. The molecular formula is C21H20F2N2O2. The molecule has 0 aliphatic carbocycles. The molecule has 1 aliphatic rings. The first kappa shape index (κ1) is 17.7. The van der Waals surface area contributed by atoms with Gasteiger partial charge in [0.15, 0.2) is 0 Å². The molecule has 2 aromatic carbocycles. The first-order valence-corrected chi connectivity index (χ1v) is 8.93. The lowest BCUT2D eigenvalue weighted by Crippen LogP contribution is -2.41. The average Bonchev–Trinajstić information content (AvgIpc) is 3.06. The molecule has 2 heterocycles. The van der Waals surface area contributed by atoms with Crippen LogP contribution in [0.15, 0.2) is 42.5 Å². The van der Waals surface area contributed by atoms with E-state index in [1.165, 1.54) is 13.2 Å². The van der Waals surface area contributed by atoms with Crippen LogP contribution in [0.25, 0.3) is 10.9 Å². The van der Waals surface area contributed by atoms with E-state index < -0.39 is 17.7 Å². The molecule has 1 aromatic heterocycles. The molecule has 4 nitrogen and oxygen atoms in total. The summed E-state index contributed by atoms with van der Waals surface area (Å²) >= 11 is 0. The normalized spacial score (nSPS) is 16.6. The molecular weight excluding hydrogens is 350 g/mol. The Morgan fingerprint density at radius 3 is 2.89 bits per heavy atom. The molecule has 0 bridgehead atoms. The molecule has 0 fully saturated rings. The fraction of sp³-hybridized carbons (Fsp3) is 0.286. The van der Waals surface area contributed by atoms with Crippen molar-refractivity contribution in [1.82, 2.24) is 9.88 Å². The Labute approximate surface area is 155 Å². The van der Waals surface area contributed by atoms with Crippen molar-refractivity contribution in [3.8, 4) is 0 Å². The van der Waals surface area contributed by atoms with Gasteiger partial charge in [-0.1, -0.05) is 18.2 Å². The zero-order valence-corrected chi connectivity index (χ0v) is 15.0. The molecule has 0 saturated carbocycles. The lowest BCUT2D eigenvalue weighted by molar-refractivity contribution is -0.134. The maximum absolute atomic E-state index is 14.6. The van der Waals surface area contributed by atoms with E-state index in [4.69, 9.17) is 4.74 Å². The molecule has 4 rings (SSSR count). The molecule has 0 radical (unpaired) electrons. The number of para-hydroxylation sites is 1. The number of rotatable bonds is 4. The lowest BCUT2D eigenvalue weighted by Gasteiger charge is -2.36. The van der Waals surface area contributed by atoms with E-state index in [-0.39, 0.29) is 24.5 Å². The summed E-state index contributed by atoms with van der Waals surface area (Å²) in [6.07, 6.45) is 0.852. The predicted molar refractivity (Wildman–Crippen MR) is 98.4 cm³/mol. The summed E-state index contributed by atoms with van der Waals surface area (Å²) in [6, 6.07) is 10.5. The van der Waals surface area contributed by atoms with Crippen LogP contribution in [0.3, 0.4) is 0 Å². The second kappa shape index (κ2) is 7.12. The highest BCUT2D eigenvalue weighted by atomic mass is 19.1. The van der Waals surface area contributed by atoms with Crippen molar-refractivity contribution in [1.29, 1.82) is 0 Å². The Morgan fingerprint density at radius 2 is 2.07 bits per heavy atom. The number of hydrogen-bond donors (Lipinski definition) is 1. The Hall–Kier alpha value is -2.73. The number of fused-ring (bicyclic) bond motifs is 3. The van der Waals surface area contributed by atoms with Crippen molar-refractivity contribution < 1.29 is 18.3 Å². The third kappa shape index (κ3) is 3.10. The van der Waals surface area contributed by atoms with E-state index in [1.54, 1.807) is 4.90 Å². The Balaban J connectivity index is 1.87. The van der Waals surface area contributed by atoms with Gasteiger partial charge in [-0.25, -0.2) is 8.78 Å². The molecule has 3 aromatic rings. The number of nitrogens with zero attached hydrogens (tertiary/aromatic N) is 1. The summed E-state index contributed by atoms with van der Waals surface area (Å²) in [4.78, 5) is 17.7. The predicted octanol–water partition coefficient (Wildman–Crippen LogP) is 3.96. The second-order valence-electron chi connectivity index (χ2n) is 6.71. The van der Waals surface area contributed by atoms with Gasteiger partial charge < -0.3 is 14.6 Å². The fourth-order valence-corrected chi connectivity index (χ4v) is 3.89. The van der Waals surface area contributed by atoms with Crippen molar-refractivity contribution in [3.63, 3.8) is 0 Å². The van der Waals surface area contributed by atoms with Gasteiger partial charge in [-0.3, -0.25) is 4.79 Å². The van der Waals surface area contributed by atoms with Gasteiger partial charge in [-0.15, -0.1) is 0 Å². The molecule has 0 spiro atoms. The van der Waals surface area contributed by atoms with Crippen molar-refractivity contribution >= 4 is 16.8 Å². The SMILES string of the molecule is COCCC(=O)N1CCc2c([nH]c3ccccc23)[C@H]1c1cc(F)ccc1F. The molecule has 0 saturated heterocycles. The number of carbonyl (C=O) groups excluding carboxylic acids is 1. The van der Waals surface area contributed by atoms with Crippen molar-refractivity contribution in [2.24, 2.45) is 0 Å². The van der Waals surface area contributed by atoms with Crippen molar-refractivity contribution in [2.45, 2.75) is 18.9 Å². The van der Waals surface area contributed by atoms with Crippen LogP contribution in [0.4, 0.5) is 8.78 Å². The number of amides is 1. The minimum Gasteiger partial charge on any atom is -0.384 e. The highest BCUT2D eigenvalue weighted by Crippen LogP contribution is 2.39. The number of aromatic nitrogens is 1. The quantitative estimate of drug-likeness (QED) is 0.756. The van der Waals surface area contributed by atoms with Gasteiger partial charge >= 0.3 is 0 Å². The molecule has 140 valence electrons. The van der Waals surface area contributed by atoms with Crippen LogP contribution >= 0.6 is 0 Å². The number of halogens is 2. The topological polar surface area (TPSA) is 45.3 Å². The number of H-pyrrole nitrogens is 1. The van der Waals surface area contributed by atoms with Gasteiger partial charge in [-0.2, -0.15) is 0 Å². The van der Waals surface area contributed by atoms with Crippen LogP contribution in [0.1, 0.15) is 29.3 Å². The van der Waals surface area contributed by atoms with Crippen LogP contribution in [0, 0.1) is 11.6 Å². The largest absolute Gasteiger partial charge is 0.384 e. The molecule has 1 amide bonds. The summed E-state index contributed by atoms with van der Waals surface area (Å²) in [5.41, 5.74) is 2.89. The lowest BCUT2D eigenvalue weighted by atomic mass is 9.91. The second-order valence-corrected chi connectivity index (χ2v) is 6.71. The Bertz CT molecular complexity index is 999. The van der Waals surface area contributed by atoms with Crippen LogP contribution in [-0.4, -0.2) is 36.1 Å². The first-order chi connectivity index (χ1) is 13.1. The molecule has 0 unspecified atom stereocenters. The van der Waals surface area contributed by atoms with Crippen molar-refractivity contribution in [3.05, 3.63) is 70.9 Å². The summed E-state index contributed by atoms with van der Waals surface area (Å²) in [6.45, 7) is 0.727. The molecule has 27 heavy (non-hydrogen) atoms. The number of methoxy groups -OCH3 is 1. The molecule has 1 N–H and O–H groups in total. The third-order valence-corrected chi connectivity index (χ3v) is 5.13. The van der Waals surface area contributed by atoms with Gasteiger partial charge in [0.25, 0.3) is 0 Å². The maximum Gasteiger partial charge on any atom is 0.225 e. The van der Waals surface area contributed by atoms with E-state index in [9.17, 15) is 13.6 Å².